The molecule has 36 heavy (non-hydrogen) atoms. The lowest BCUT2D eigenvalue weighted by Gasteiger charge is -2.32. The molecule has 4 heterocycles. The zero-order valence-corrected chi connectivity index (χ0v) is 23.2. The summed E-state index contributed by atoms with van der Waals surface area (Å²) in [6, 6.07) is 10.9. The number of hydrogen-bond acceptors (Lipinski definition) is 4. The lowest BCUT2D eigenvalue weighted by molar-refractivity contribution is 0.00578. The fourth-order valence-electron chi connectivity index (χ4n) is 4.84. The number of thiophene rings is 1. The molecule has 0 aliphatic carbocycles. The van der Waals surface area contributed by atoms with Crippen molar-refractivity contribution in [3.05, 3.63) is 67.6 Å². The van der Waals surface area contributed by atoms with Crippen molar-refractivity contribution in [1.82, 2.24) is 4.57 Å². The van der Waals surface area contributed by atoms with E-state index in [1.165, 1.54) is 16.5 Å². The van der Waals surface area contributed by atoms with Crippen LogP contribution in [0.25, 0.3) is 22.2 Å². The van der Waals surface area contributed by atoms with Gasteiger partial charge >= 0.3 is 7.12 Å². The molecule has 2 aliphatic rings. The van der Waals surface area contributed by atoms with E-state index in [0.29, 0.717) is 32.5 Å². The molecule has 1 fully saturated rings. The Balaban J connectivity index is 1.58. The Bertz CT molecular complexity index is 1530. The Morgan fingerprint density at radius 1 is 1.00 bits per heavy atom. The quantitative estimate of drug-likeness (QED) is 0.243. The Morgan fingerprint density at radius 3 is 2.33 bits per heavy atom. The van der Waals surface area contributed by atoms with Crippen LogP contribution >= 0.6 is 34.5 Å². The lowest BCUT2D eigenvalue weighted by Crippen LogP contribution is -2.41. The van der Waals surface area contributed by atoms with Gasteiger partial charge in [0.1, 0.15) is 11.6 Å². The summed E-state index contributed by atoms with van der Waals surface area (Å²) in [5, 5.41) is 1.75. The van der Waals surface area contributed by atoms with E-state index in [-0.39, 0.29) is 0 Å². The van der Waals surface area contributed by atoms with Crippen LogP contribution in [-0.4, -0.2) is 22.9 Å². The second-order valence-electron chi connectivity index (χ2n) is 10.5. The number of rotatable bonds is 2. The molecule has 2 aromatic heterocycles. The van der Waals surface area contributed by atoms with E-state index in [2.05, 4.69) is 19.9 Å². The van der Waals surface area contributed by atoms with Crippen LogP contribution in [0.4, 0.5) is 4.39 Å². The van der Waals surface area contributed by atoms with Crippen molar-refractivity contribution in [3.63, 3.8) is 0 Å². The van der Waals surface area contributed by atoms with Crippen LogP contribution in [0.2, 0.25) is 10.0 Å². The van der Waals surface area contributed by atoms with Gasteiger partial charge in [-0.05, 0) is 89.0 Å². The van der Waals surface area contributed by atoms with Crippen molar-refractivity contribution in [3.8, 4) is 17.0 Å². The Kier molecular flexibility index (Phi) is 5.39. The minimum absolute atomic E-state index is 0.314. The summed E-state index contributed by atoms with van der Waals surface area (Å²) in [7, 11) is -0.717. The molecule has 0 spiro atoms. The van der Waals surface area contributed by atoms with Gasteiger partial charge in [0, 0.05) is 15.3 Å². The normalized spacial score (nSPS) is 19.9. The summed E-state index contributed by atoms with van der Waals surface area (Å²) in [6.07, 6.45) is -0.519. The maximum Gasteiger partial charge on any atom is 0.495 e. The van der Waals surface area contributed by atoms with E-state index < -0.39 is 30.4 Å². The van der Waals surface area contributed by atoms with Gasteiger partial charge in [-0.25, -0.2) is 4.39 Å². The van der Waals surface area contributed by atoms with Gasteiger partial charge in [-0.3, -0.25) is 4.57 Å². The first-order valence-electron chi connectivity index (χ1n) is 11.8. The van der Waals surface area contributed by atoms with E-state index >= 15 is 4.39 Å². The van der Waals surface area contributed by atoms with Crippen molar-refractivity contribution >= 4 is 58.0 Å². The molecule has 4 aromatic rings. The smallest absolute Gasteiger partial charge is 0.464 e. The highest BCUT2D eigenvalue weighted by molar-refractivity contribution is 7.12. The predicted molar refractivity (Wildman–Crippen MR) is 146 cm³/mol. The highest BCUT2D eigenvalue weighted by atomic mass is 35.5. The lowest BCUT2D eigenvalue weighted by atomic mass is 9.78. The number of hydrogen-bond donors (Lipinski definition) is 0. The SMILES string of the molecule is Cc1cc(C2Oc3cc(B4OC(C)(C)C(C)(C)O4)cc(F)c3-c3c(Cl)c4cc(Cl)ccc4n32)sc1C. The number of ether oxygens (including phenoxy) is 1. The van der Waals surface area contributed by atoms with Crippen molar-refractivity contribution in [2.45, 2.75) is 59.0 Å². The highest BCUT2D eigenvalue weighted by Crippen LogP contribution is 2.50. The Labute approximate surface area is 224 Å². The van der Waals surface area contributed by atoms with Crippen LogP contribution in [0.1, 0.15) is 49.2 Å². The van der Waals surface area contributed by atoms with Crippen LogP contribution in [0.5, 0.6) is 5.75 Å². The first-order valence-corrected chi connectivity index (χ1v) is 13.4. The van der Waals surface area contributed by atoms with Crippen molar-refractivity contribution in [2.75, 3.05) is 0 Å². The number of aromatic nitrogens is 1. The van der Waals surface area contributed by atoms with Gasteiger partial charge in [0.2, 0.25) is 6.23 Å². The van der Waals surface area contributed by atoms with Crippen LogP contribution in [0.15, 0.2) is 36.4 Å². The minimum Gasteiger partial charge on any atom is -0.464 e. The number of aryl methyl sites for hydroxylation is 2. The summed E-state index contributed by atoms with van der Waals surface area (Å²) >= 11 is 14.9. The average Bonchev–Trinajstić information content (AvgIpc) is 3.36. The summed E-state index contributed by atoms with van der Waals surface area (Å²) < 4.78 is 36.9. The molecule has 1 atom stereocenters. The van der Waals surface area contributed by atoms with Crippen LogP contribution in [0.3, 0.4) is 0 Å². The Morgan fingerprint density at radius 2 is 1.69 bits per heavy atom. The molecule has 9 heteroatoms. The van der Waals surface area contributed by atoms with Gasteiger partial charge in [-0.15, -0.1) is 11.3 Å². The number of halogens is 3. The number of benzene rings is 2. The first kappa shape index (κ1) is 24.3. The second kappa shape index (κ2) is 7.99. The summed E-state index contributed by atoms with van der Waals surface area (Å²) in [6.45, 7) is 12.0. The molecular weight excluding hydrogens is 519 g/mol. The van der Waals surface area contributed by atoms with Gasteiger partial charge in [0.05, 0.1) is 37.9 Å². The number of nitrogens with zero attached hydrogens (tertiary/aromatic N) is 1. The van der Waals surface area contributed by atoms with Crippen LogP contribution < -0.4 is 10.2 Å². The fourth-order valence-corrected chi connectivity index (χ4v) is 6.42. The van der Waals surface area contributed by atoms with Crippen molar-refractivity contribution in [1.29, 1.82) is 0 Å². The molecule has 4 nitrogen and oxygen atoms in total. The zero-order valence-electron chi connectivity index (χ0n) is 20.8. The summed E-state index contributed by atoms with van der Waals surface area (Å²) in [5.41, 5.74) is 2.35. The van der Waals surface area contributed by atoms with E-state index in [9.17, 15) is 0 Å². The minimum atomic E-state index is -0.717. The molecule has 0 N–H and O–H groups in total. The summed E-state index contributed by atoms with van der Waals surface area (Å²) in [5.74, 6) is -0.0528. The summed E-state index contributed by atoms with van der Waals surface area (Å²) in [4.78, 5) is 2.20. The van der Waals surface area contributed by atoms with E-state index in [1.807, 2.05) is 56.5 Å². The maximum atomic E-state index is 15.9. The van der Waals surface area contributed by atoms with Gasteiger partial charge in [0.25, 0.3) is 0 Å². The maximum absolute atomic E-state index is 15.9. The first-order chi connectivity index (χ1) is 16.9. The van der Waals surface area contributed by atoms with Gasteiger partial charge in [0.15, 0.2) is 0 Å². The van der Waals surface area contributed by atoms with E-state index in [0.717, 1.165) is 15.8 Å². The largest absolute Gasteiger partial charge is 0.495 e. The molecule has 1 unspecified atom stereocenters. The Hall–Kier alpha value is -2.03. The molecule has 1 saturated heterocycles. The average molecular weight is 544 g/mol. The standard InChI is InChI=1S/C27H25BCl2FNO3S/c1-13-9-21(36-14(13)2)25-32-19-8-7-16(29)12-17(19)23(30)24(32)22-18(31)10-15(11-20(22)33-25)28-34-26(3,4)27(5,6)35-28/h7-12,25H,1-6H3. The molecule has 0 radical (unpaired) electrons. The topological polar surface area (TPSA) is 32.6 Å². The monoisotopic (exact) mass is 543 g/mol. The molecule has 6 rings (SSSR count). The van der Waals surface area contributed by atoms with Crippen LogP contribution in [-0.2, 0) is 9.31 Å². The highest BCUT2D eigenvalue weighted by Gasteiger charge is 2.52. The number of fused-ring (bicyclic) bond motifs is 5. The van der Waals surface area contributed by atoms with Crippen molar-refractivity contribution in [2.24, 2.45) is 0 Å². The van der Waals surface area contributed by atoms with Gasteiger partial charge in [-0.1, -0.05) is 23.2 Å². The third-order valence-corrected chi connectivity index (χ3v) is 9.44. The van der Waals surface area contributed by atoms with Crippen LogP contribution in [0, 0.1) is 19.7 Å². The molecule has 0 amide bonds. The molecular formula is C27H25BCl2FNO3S. The molecule has 2 aromatic carbocycles. The second-order valence-corrected chi connectivity index (χ2v) is 12.6. The van der Waals surface area contributed by atoms with E-state index in [4.69, 9.17) is 37.2 Å². The molecule has 2 aliphatic heterocycles. The molecule has 186 valence electrons. The van der Waals surface area contributed by atoms with Gasteiger partial charge < -0.3 is 14.0 Å². The van der Waals surface area contributed by atoms with Crippen molar-refractivity contribution < 1.29 is 18.4 Å². The van der Waals surface area contributed by atoms with Gasteiger partial charge in [-0.2, -0.15) is 0 Å². The predicted octanol–water partition coefficient (Wildman–Crippen LogP) is 7.67. The third kappa shape index (κ3) is 3.47. The fraction of sp³-hybridized carbons (Fsp3) is 0.333. The molecule has 0 bridgehead atoms. The third-order valence-electron chi connectivity index (χ3n) is 7.64. The van der Waals surface area contributed by atoms with E-state index in [1.54, 1.807) is 11.3 Å². The molecule has 0 saturated carbocycles. The zero-order chi connectivity index (χ0) is 25.7.